The Balaban J connectivity index is 1.96. The minimum Gasteiger partial charge on any atom is -0.504 e. The van der Waals surface area contributed by atoms with Crippen molar-refractivity contribution >= 4 is 0 Å². The number of benzene rings is 1. The summed E-state index contributed by atoms with van der Waals surface area (Å²) in [6, 6.07) is 5.57. The summed E-state index contributed by atoms with van der Waals surface area (Å²) in [7, 11) is 3.35. The minimum absolute atomic E-state index is 0.196. The van der Waals surface area contributed by atoms with E-state index in [0.717, 1.165) is 26.2 Å². The van der Waals surface area contributed by atoms with Crippen molar-refractivity contribution in [3.63, 3.8) is 0 Å². The maximum Gasteiger partial charge on any atom is 0.160 e. The zero-order chi connectivity index (χ0) is 13.7. The van der Waals surface area contributed by atoms with Crippen LogP contribution in [0, 0.1) is 5.92 Å². The van der Waals surface area contributed by atoms with E-state index in [0.29, 0.717) is 11.7 Å². The fourth-order valence-electron chi connectivity index (χ4n) is 2.75. The maximum atomic E-state index is 9.60. The first-order chi connectivity index (χ1) is 9.22. The van der Waals surface area contributed by atoms with Crippen molar-refractivity contribution in [3.8, 4) is 11.5 Å². The van der Waals surface area contributed by atoms with E-state index in [1.807, 2.05) is 12.1 Å². The number of methoxy groups -OCH3 is 2. The molecule has 2 rings (SSSR count). The molecule has 1 heterocycles. The van der Waals surface area contributed by atoms with Gasteiger partial charge in [0.1, 0.15) is 0 Å². The smallest absolute Gasteiger partial charge is 0.160 e. The summed E-state index contributed by atoms with van der Waals surface area (Å²) < 4.78 is 10.4. The Bertz CT molecular complexity index is 406. The molecule has 0 aliphatic carbocycles. The summed E-state index contributed by atoms with van der Waals surface area (Å²) >= 11 is 0. The predicted octanol–water partition coefficient (Wildman–Crippen LogP) is 2.26. The standard InChI is InChI=1S/C15H23NO3/c1-18-11-13-4-3-7-16(10-13)9-12-5-6-14(17)15(8-12)19-2/h5-6,8,13,17H,3-4,7,9-11H2,1-2H3. The third-order valence-electron chi connectivity index (χ3n) is 3.66. The number of piperidine rings is 1. The number of hydrogen-bond donors (Lipinski definition) is 1. The van der Waals surface area contributed by atoms with E-state index in [9.17, 15) is 5.11 Å². The van der Waals surface area contributed by atoms with E-state index in [4.69, 9.17) is 9.47 Å². The van der Waals surface area contributed by atoms with E-state index in [2.05, 4.69) is 4.90 Å². The van der Waals surface area contributed by atoms with Crippen LogP contribution in [0.1, 0.15) is 18.4 Å². The van der Waals surface area contributed by atoms with Crippen molar-refractivity contribution in [2.24, 2.45) is 5.92 Å². The van der Waals surface area contributed by atoms with E-state index < -0.39 is 0 Å². The van der Waals surface area contributed by atoms with Crippen LogP contribution in [-0.4, -0.2) is 43.9 Å². The van der Waals surface area contributed by atoms with Crippen LogP contribution in [0.3, 0.4) is 0 Å². The molecule has 1 aromatic rings. The van der Waals surface area contributed by atoms with Crippen LogP contribution in [0.25, 0.3) is 0 Å². The molecule has 1 aliphatic heterocycles. The molecule has 106 valence electrons. The van der Waals surface area contributed by atoms with Crippen LogP contribution < -0.4 is 4.74 Å². The molecule has 0 saturated carbocycles. The Kier molecular flexibility index (Phi) is 5.05. The highest BCUT2D eigenvalue weighted by Gasteiger charge is 2.20. The summed E-state index contributed by atoms with van der Waals surface area (Å²) in [6.45, 7) is 3.95. The molecule has 4 heteroatoms. The first kappa shape index (κ1) is 14.2. The Morgan fingerprint density at radius 1 is 1.37 bits per heavy atom. The maximum absolute atomic E-state index is 9.60. The van der Waals surface area contributed by atoms with Crippen LogP contribution in [0.5, 0.6) is 11.5 Å². The number of phenolic OH excluding ortho intramolecular Hbond substituents is 1. The van der Waals surface area contributed by atoms with Gasteiger partial charge in [-0.15, -0.1) is 0 Å². The number of rotatable bonds is 5. The molecule has 0 bridgehead atoms. The summed E-state index contributed by atoms with van der Waals surface area (Å²) in [5.74, 6) is 1.38. The second-order valence-electron chi connectivity index (χ2n) is 5.20. The minimum atomic E-state index is 0.196. The normalized spacial score (nSPS) is 20.4. The van der Waals surface area contributed by atoms with Gasteiger partial charge in [0.05, 0.1) is 13.7 Å². The number of phenols is 1. The lowest BCUT2D eigenvalue weighted by Gasteiger charge is -2.32. The Labute approximate surface area is 114 Å². The molecule has 1 aromatic carbocycles. The van der Waals surface area contributed by atoms with Crippen LogP contribution >= 0.6 is 0 Å². The van der Waals surface area contributed by atoms with Crippen molar-refractivity contribution in [2.45, 2.75) is 19.4 Å². The Hall–Kier alpha value is -1.26. The topological polar surface area (TPSA) is 41.9 Å². The van der Waals surface area contributed by atoms with Crippen molar-refractivity contribution in [2.75, 3.05) is 33.9 Å². The van der Waals surface area contributed by atoms with E-state index >= 15 is 0 Å². The monoisotopic (exact) mass is 265 g/mol. The second-order valence-corrected chi connectivity index (χ2v) is 5.20. The van der Waals surface area contributed by atoms with Gasteiger partial charge in [-0.1, -0.05) is 6.07 Å². The number of hydrogen-bond acceptors (Lipinski definition) is 4. The fourth-order valence-corrected chi connectivity index (χ4v) is 2.75. The van der Waals surface area contributed by atoms with Crippen LogP contribution in [0.15, 0.2) is 18.2 Å². The summed E-state index contributed by atoms with van der Waals surface area (Å²) in [4.78, 5) is 2.44. The molecular formula is C15H23NO3. The number of aromatic hydroxyl groups is 1. The highest BCUT2D eigenvalue weighted by atomic mass is 16.5. The van der Waals surface area contributed by atoms with E-state index in [-0.39, 0.29) is 5.75 Å². The van der Waals surface area contributed by atoms with Crippen molar-refractivity contribution in [1.82, 2.24) is 4.90 Å². The fraction of sp³-hybridized carbons (Fsp3) is 0.600. The zero-order valence-electron chi connectivity index (χ0n) is 11.8. The Morgan fingerprint density at radius 3 is 2.95 bits per heavy atom. The van der Waals surface area contributed by atoms with E-state index in [1.165, 1.54) is 18.4 Å². The van der Waals surface area contributed by atoms with Crippen LogP contribution in [0.2, 0.25) is 0 Å². The first-order valence-corrected chi connectivity index (χ1v) is 6.80. The lowest BCUT2D eigenvalue weighted by Crippen LogP contribution is -2.36. The number of likely N-dealkylation sites (tertiary alicyclic amines) is 1. The van der Waals surface area contributed by atoms with Gasteiger partial charge in [0.25, 0.3) is 0 Å². The van der Waals surface area contributed by atoms with Gasteiger partial charge >= 0.3 is 0 Å². The molecule has 19 heavy (non-hydrogen) atoms. The molecule has 0 radical (unpaired) electrons. The molecule has 1 saturated heterocycles. The number of nitrogens with zero attached hydrogens (tertiary/aromatic N) is 1. The van der Waals surface area contributed by atoms with Gasteiger partial charge in [-0.3, -0.25) is 4.90 Å². The number of ether oxygens (including phenoxy) is 2. The molecule has 0 aromatic heterocycles. The van der Waals surface area contributed by atoms with Gasteiger partial charge in [-0.25, -0.2) is 0 Å². The van der Waals surface area contributed by atoms with Gasteiger partial charge < -0.3 is 14.6 Å². The molecule has 1 atom stereocenters. The molecule has 0 spiro atoms. The van der Waals surface area contributed by atoms with Crippen LogP contribution in [-0.2, 0) is 11.3 Å². The molecule has 1 fully saturated rings. The molecule has 4 nitrogen and oxygen atoms in total. The third-order valence-corrected chi connectivity index (χ3v) is 3.66. The average molecular weight is 265 g/mol. The van der Waals surface area contributed by atoms with Crippen molar-refractivity contribution < 1.29 is 14.6 Å². The predicted molar refractivity (Wildman–Crippen MR) is 74.5 cm³/mol. The van der Waals surface area contributed by atoms with Crippen LogP contribution in [0.4, 0.5) is 0 Å². The molecule has 1 N–H and O–H groups in total. The summed E-state index contributed by atoms with van der Waals surface area (Å²) in [6.07, 6.45) is 2.48. The zero-order valence-corrected chi connectivity index (χ0v) is 11.8. The summed E-state index contributed by atoms with van der Waals surface area (Å²) in [5, 5.41) is 9.60. The van der Waals surface area contributed by atoms with E-state index in [1.54, 1.807) is 20.3 Å². The first-order valence-electron chi connectivity index (χ1n) is 6.80. The van der Waals surface area contributed by atoms with Gasteiger partial charge in [0.15, 0.2) is 11.5 Å². The van der Waals surface area contributed by atoms with Gasteiger partial charge in [0.2, 0.25) is 0 Å². The largest absolute Gasteiger partial charge is 0.504 e. The lowest BCUT2D eigenvalue weighted by molar-refractivity contribution is 0.0873. The molecule has 0 amide bonds. The third kappa shape index (κ3) is 3.85. The highest BCUT2D eigenvalue weighted by Crippen LogP contribution is 2.27. The second kappa shape index (κ2) is 6.78. The van der Waals surface area contributed by atoms with Gasteiger partial charge in [0, 0.05) is 20.2 Å². The summed E-state index contributed by atoms with van der Waals surface area (Å²) in [5.41, 5.74) is 1.17. The van der Waals surface area contributed by atoms with Gasteiger partial charge in [-0.2, -0.15) is 0 Å². The Morgan fingerprint density at radius 2 is 2.21 bits per heavy atom. The lowest BCUT2D eigenvalue weighted by atomic mass is 9.98. The highest BCUT2D eigenvalue weighted by molar-refractivity contribution is 5.41. The average Bonchev–Trinajstić information content (AvgIpc) is 2.42. The molecule has 1 aliphatic rings. The van der Waals surface area contributed by atoms with Gasteiger partial charge in [-0.05, 0) is 43.0 Å². The SMILES string of the molecule is COCC1CCCN(Cc2ccc(O)c(OC)c2)C1. The molecule has 1 unspecified atom stereocenters. The van der Waals surface area contributed by atoms with Crippen molar-refractivity contribution in [3.05, 3.63) is 23.8 Å². The van der Waals surface area contributed by atoms with Crippen molar-refractivity contribution in [1.29, 1.82) is 0 Å². The molecular weight excluding hydrogens is 242 g/mol. The quantitative estimate of drug-likeness (QED) is 0.886.